The van der Waals surface area contributed by atoms with E-state index < -0.39 is 21.9 Å². The van der Waals surface area contributed by atoms with Gasteiger partial charge in [-0.15, -0.1) is 0 Å². The predicted molar refractivity (Wildman–Crippen MR) is 39.8 cm³/mol. The Morgan fingerprint density at radius 1 is 0.917 bits per heavy atom. The van der Waals surface area contributed by atoms with Gasteiger partial charge in [0.05, 0.1) is 0 Å². The molecule has 0 aromatic carbocycles. The van der Waals surface area contributed by atoms with Crippen molar-refractivity contribution in [1.82, 2.24) is 0 Å². The zero-order valence-corrected chi connectivity index (χ0v) is 5.99. The molecule has 2 unspecified atom stereocenters. The number of allylic oxidation sites excluding steroid dienone is 2. The second-order valence-electron chi connectivity index (χ2n) is 2.32. The van der Waals surface area contributed by atoms with Crippen LogP contribution in [0.2, 0.25) is 0 Å². The maximum absolute atomic E-state index is 10.3. The highest BCUT2D eigenvalue weighted by atomic mass is 16.6. The molecule has 0 aromatic rings. The van der Waals surface area contributed by atoms with Gasteiger partial charge in [-0.25, -0.2) is 0 Å². The summed E-state index contributed by atoms with van der Waals surface area (Å²) in [7, 11) is 0. The Morgan fingerprint density at radius 3 is 1.50 bits per heavy atom. The standard InChI is InChI=1S/C6H6N2O4/c9-7(10)5-3-1-2-4-6(5)8(11)12/h1-6H. The first kappa shape index (κ1) is 8.38. The summed E-state index contributed by atoms with van der Waals surface area (Å²) in [5.74, 6) is 0. The van der Waals surface area contributed by atoms with E-state index in [1.807, 2.05) is 0 Å². The molecule has 1 aliphatic rings. The van der Waals surface area contributed by atoms with Gasteiger partial charge in [-0.1, -0.05) is 12.2 Å². The second-order valence-corrected chi connectivity index (χ2v) is 2.32. The summed E-state index contributed by atoms with van der Waals surface area (Å²) in [6, 6.07) is -2.46. The van der Waals surface area contributed by atoms with Gasteiger partial charge in [0.1, 0.15) is 0 Å². The highest BCUT2D eigenvalue weighted by Gasteiger charge is 2.37. The summed E-state index contributed by atoms with van der Waals surface area (Å²) in [5.41, 5.74) is 0. The van der Waals surface area contributed by atoms with E-state index in [2.05, 4.69) is 0 Å². The van der Waals surface area contributed by atoms with Crippen molar-refractivity contribution in [2.45, 2.75) is 12.1 Å². The van der Waals surface area contributed by atoms with Gasteiger partial charge < -0.3 is 0 Å². The van der Waals surface area contributed by atoms with Crippen LogP contribution in [0, 0.1) is 20.2 Å². The molecule has 0 aliphatic heterocycles. The van der Waals surface area contributed by atoms with Crippen LogP contribution < -0.4 is 0 Å². The third-order valence-corrected chi connectivity index (χ3v) is 1.56. The summed E-state index contributed by atoms with van der Waals surface area (Å²) in [5, 5.41) is 20.6. The first-order chi connectivity index (χ1) is 5.63. The fraction of sp³-hybridized carbons (Fsp3) is 0.333. The molecule has 0 heterocycles. The SMILES string of the molecule is O=[N+]([O-])C1C=CC=CC1[N+](=O)[O-]. The summed E-state index contributed by atoms with van der Waals surface area (Å²) in [6.45, 7) is 0. The minimum absolute atomic E-state index is 0.659. The van der Waals surface area contributed by atoms with Crippen molar-refractivity contribution in [3.05, 3.63) is 44.5 Å². The fourth-order valence-electron chi connectivity index (χ4n) is 0.974. The minimum atomic E-state index is -1.23. The summed E-state index contributed by atoms with van der Waals surface area (Å²) >= 11 is 0. The zero-order chi connectivity index (χ0) is 9.14. The third-order valence-electron chi connectivity index (χ3n) is 1.56. The van der Waals surface area contributed by atoms with Crippen LogP contribution in [-0.4, -0.2) is 21.9 Å². The monoisotopic (exact) mass is 170 g/mol. The third kappa shape index (κ3) is 1.47. The minimum Gasteiger partial charge on any atom is -0.264 e. The molecule has 1 aliphatic carbocycles. The number of nitrogens with zero attached hydrogens (tertiary/aromatic N) is 2. The quantitative estimate of drug-likeness (QED) is 0.443. The second kappa shape index (κ2) is 3.12. The zero-order valence-electron chi connectivity index (χ0n) is 5.99. The molecule has 12 heavy (non-hydrogen) atoms. The van der Waals surface area contributed by atoms with Crippen molar-refractivity contribution in [3.8, 4) is 0 Å². The van der Waals surface area contributed by atoms with Gasteiger partial charge in [-0.05, 0) is 12.2 Å². The topological polar surface area (TPSA) is 86.3 Å². The van der Waals surface area contributed by atoms with Gasteiger partial charge in [0.15, 0.2) is 0 Å². The molecule has 0 aromatic heterocycles. The molecule has 6 heteroatoms. The lowest BCUT2D eigenvalue weighted by Crippen LogP contribution is -2.37. The van der Waals surface area contributed by atoms with E-state index in [0.29, 0.717) is 0 Å². The van der Waals surface area contributed by atoms with Gasteiger partial charge in [0, 0.05) is 9.85 Å². The van der Waals surface area contributed by atoms with Crippen LogP contribution >= 0.6 is 0 Å². The van der Waals surface area contributed by atoms with E-state index in [4.69, 9.17) is 0 Å². The van der Waals surface area contributed by atoms with Crippen molar-refractivity contribution in [3.63, 3.8) is 0 Å². The van der Waals surface area contributed by atoms with Crippen LogP contribution in [0.5, 0.6) is 0 Å². The van der Waals surface area contributed by atoms with Crippen LogP contribution in [0.4, 0.5) is 0 Å². The lowest BCUT2D eigenvalue weighted by molar-refractivity contribution is -0.599. The van der Waals surface area contributed by atoms with Gasteiger partial charge in [0.25, 0.3) is 0 Å². The van der Waals surface area contributed by atoms with Crippen LogP contribution in [0.25, 0.3) is 0 Å². The maximum atomic E-state index is 10.3. The summed E-state index contributed by atoms with van der Waals surface area (Å²) < 4.78 is 0. The predicted octanol–water partition coefficient (Wildman–Crippen LogP) is 0.403. The normalized spacial score (nSPS) is 27.0. The smallest absolute Gasteiger partial charge is 0.264 e. The van der Waals surface area contributed by atoms with Crippen LogP contribution in [0.1, 0.15) is 0 Å². The molecular formula is C6H6N2O4. The fourth-order valence-corrected chi connectivity index (χ4v) is 0.974. The van der Waals surface area contributed by atoms with Crippen molar-refractivity contribution in [2.24, 2.45) is 0 Å². The van der Waals surface area contributed by atoms with E-state index in [9.17, 15) is 20.2 Å². The van der Waals surface area contributed by atoms with Gasteiger partial charge in [0.2, 0.25) is 0 Å². The van der Waals surface area contributed by atoms with E-state index >= 15 is 0 Å². The molecule has 0 radical (unpaired) electrons. The summed E-state index contributed by atoms with van der Waals surface area (Å²) in [6.07, 6.45) is 5.31. The van der Waals surface area contributed by atoms with Crippen molar-refractivity contribution < 1.29 is 9.85 Å². The van der Waals surface area contributed by atoms with Crippen molar-refractivity contribution in [2.75, 3.05) is 0 Å². The molecule has 0 N–H and O–H groups in total. The van der Waals surface area contributed by atoms with E-state index in [-0.39, 0.29) is 0 Å². The Bertz CT molecular complexity index is 243. The highest BCUT2D eigenvalue weighted by molar-refractivity contribution is 5.15. The first-order valence-corrected chi connectivity index (χ1v) is 3.25. The van der Waals surface area contributed by atoms with Crippen LogP contribution in [0.15, 0.2) is 24.3 Å². The number of rotatable bonds is 2. The Morgan fingerprint density at radius 2 is 1.25 bits per heavy atom. The Balaban J connectivity index is 2.85. The molecule has 64 valence electrons. The van der Waals surface area contributed by atoms with E-state index in [1.54, 1.807) is 0 Å². The Hall–Kier alpha value is -1.72. The highest BCUT2D eigenvalue weighted by Crippen LogP contribution is 2.10. The molecule has 6 nitrogen and oxygen atoms in total. The molecule has 0 fully saturated rings. The molecule has 0 saturated heterocycles. The van der Waals surface area contributed by atoms with Crippen molar-refractivity contribution in [1.29, 1.82) is 0 Å². The molecule has 1 rings (SSSR count). The average Bonchev–Trinajstić information content (AvgIpc) is 2.04. The molecule has 0 saturated carbocycles. The lowest BCUT2D eigenvalue weighted by atomic mass is 10.0. The van der Waals surface area contributed by atoms with E-state index in [0.717, 1.165) is 0 Å². The molecule has 0 spiro atoms. The van der Waals surface area contributed by atoms with Crippen molar-refractivity contribution >= 4 is 0 Å². The maximum Gasteiger partial charge on any atom is 0.301 e. The Labute approximate surface area is 67.5 Å². The van der Waals surface area contributed by atoms with E-state index in [1.165, 1.54) is 24.3 Å². The average molecular weight is 170 g/mol. The van der Waals surface area contributed by atoms with Crippen LogP contribution in [0.3, 0.4) is 0 Å². The first-order valence-electron chi connectivity index (χ1n) is 3.25. The molecule has 2 atom stereocenters. The Kier molecular flexibility index (Phi) is 2.18. The van der Waals surface area contributed by atoms with Crippen LogP contribution in [-0.2, 0) is 0 Å². The molecule has 0 bridgehead atoms. The molecule has 0 amide bonds. The number of hydrogen-bond donors (Lipinski definition) is 0. The lowest BCUT2D eigenvalue weighted by Gasteiger charge is -2.09. The van der Waals surface area contributed by atoms with Gasteiger partial charge in [-0.3, -0.25) is 20.2 Å². The number of nitro groups is 2. The summed E-state index contributed by atoms with van der Waals surface area (Å²) in [4.78, 5) is 19.3. The van der Waals surface area contributed by atoms with Gasteiger partial charge >= 0.3 is 12.1 Å². The molecular weight excluding hydrogens is 164 g/mol. The van der Waals surface area contributed by atoms with Gasteiger partial charge in [-0.2, -0.15) is 0 Å². The number of hydrogen-bond acceptors (Lipinski definition) is 4. The largest absolute Gasteiger partial charge is 0.301 e.